The van der Waals surface area contributed by atoms with Gasteiger partial charge in [0.2, 0.25) is 15.9 Å². The molecule has 2 N–H and O–H groups in total. The van der Waals surface area contributed by atoms with E-state index in [1.165, 1.54) is 19.1 Å². The molecule has 158 valence electrons. The molecule has 9 heteroatoms. The zero-order chi connectivity index (χ0) is 20.9. The van der Waals surface area contributed by atoms with Gasteiger partial charge in [-0.1, -0.05) is 12.1 Å². The molecule has 1 amide bonds. The van der Waals surface area contributed by atoms with Crippen LogP contribution in [0, 0.1) is 5.82 Å². The van der Waals surface area contributed by atoms with Gasteiger partial charge in [-0.05, 0) is 50.8 Å². The van der Waals surface area contributed by atoms with E-state index in [0.717, 1.165) is 6.07 Å². The monoisotopic (exact) mass is 416 g/mol. The number of allylic oxidation sites excluding steroid dienone is 1. The van der Waals surface area contributed by atoms with Crippen LogP contribution in [0.2, 0.25) is 0 Å². The Morgan fingerprint density at radius 2 is 2.07 bits per heavy atom. The van der Waals surface area contributed by atoms with Gasteiger partial charge in [-0.25, -0.2) is 17.6 Å². The van der Waals surface area contributed by atoms with E-state index in [4.69, 9.17) is 4.74 Å². The molecule has 0 spiro atoms. The molecule has 28 heavy (non-hydrogen) atoms. The lowest BCUT2D eigenvalue weighted by Crippen LogP contribution is -2.35. The number of benzene rings is 1. The zero-order valence-electron chi connectivity index (χ0n) is 16.1. The van der Waals surface area contributed by atoms with Crippen molar-refractivity contribution < 1.29 is 30.0 Å². The molecule has 1 atom stereocenters. The molecule has 1 aliphatic rings. The van der Waals surface area contributed by atoms with E-state index in [1.54, 1.807) is 19.9 Å². The number of amides is 1. The lowest BCUT2D eigenvalue weighted by Gasteiger charge is -2.24. The Labute approximate surface area is 167 Å². The Hall–Kier alpha value is -2.42. The average Bonchev–Trinajstić information content (AvgIpc) is 2.61. The van der Waals surface area contributed by atoms with Crippen LogP contribution in [0.3, 0.4) is 0 Å². The van der Waals surface area contributed by atoms with Crippen molar-refractivity contribution in [2.24, 2.45) is 0 Å². The molecular formula is C19H29FN2O5S. The molecule has 0 saturated carbocycles. The van der Waals surface area contributed by atoms with Crippen LogP contribution in [0.4, 0.5) is 10.1 Å². The van der Waals surface area contributed by atoms with Gasteiger partial charge in [0, 0.05) is 16.3 Å². The average molecular weight is 417 g/mol. The molecule has 0 fully saturated rings. The summed E-state index contributed by atoms with van der Waals surface area (Å²) >= 11 is 0. The van der Waals surface area contributed by atoms with Crippen molar-refractivity contribution >= 4 is 27.6 Å². The summed E-state index contributed by atoms with van der Waals surface area (Å²) in [6.45, 7) is 4.84. The molecule has 0 radical (unpaired) electrons. The molecule has 7 nitrogen and oxygen atoms in total. The van der Waals surface area contributed by atoms with Gasteiger partial charge in [-0.15, -0.1) is 0 Å². The number of ether oxygens (including phenoxy) is 1. The van der Waals surface area contributed by atoms with Crippen LogP contribution < -0.4 is 10.0 Å². The topological polar surface area (TPSA) is 102 Å². The summed E-state index contributed by atoms with van der Waals surface area (Å²) in [5.74, 6) is -1.69. The number of hydrogen-bond donors (Lipinski definition) is 2. The first-order valence-electron chi connectivity index (χ1n) is 9.05. The maximum atomic E-state index is 14.4. The van der Waals surface area contributed by atoms with Crippen LogP contribution in [-0.2, 0) is 30.9 Å². The van der Waals surface area contributed by atoms with Gasteiger partial charge in [-0.2, -0.15) is 0 Å². The van der Waals surface area contributed by atoms with E-state index < -0.39 is 27.1 Å². The Morgan fingerprint density at radius 1 is 1.36 bits per heavy atom. The first-order valence-corrected chi connectivity index (χ1v) is 10.6. The first kappa shape index (κ1) is 21.9. The Kier molecular flexibility index (Phi) is 7.17. The fraction of sp³-hybridized carbons (Fsp3) is 0.474. The summed E-state index contributed by atoms with van der Waals surface area (Å²) < 4.78 is 47.4. The molecule has 0 saturated heterocycles. The zero-order valence-corrected chi connectivity index (χ0v) is 16.9. The molecule has 0 aromatic heterocycles. The smallest absolute Gasteiger partial charge is 0.335 e. The van der Waals surface area contributed by atoms with E-state index in [2.05, 4.69) is 10.0 Å². The lowest BCUT2D eigenvalue weighted by molar-refractivity contribution is -0.142. The Morgan fingerprint density at radius 3 is 2.68 bits per heavy atom. The second kappa shape index (κ2) is 9.18. The largest absolute Gasteiger partial charge is 0.460 e. The second-order valence-electron chi connectivity index (χ2n) is 6.90. The number of carbonyl (C=O) groups excluding carboxylic acids is 2. The second-order valence-corrected chi connectivity index (χ2v) is 8.77. The van der Waals surface area contributed by atoms with Crippen molar-refractivity contribution in [3.05, 3.63) is 41.2 Å². The maximum absolute atomic E-state index is 14.4. The number of rotatable bonds is 7. The fourth-order valence-electron chi connectivity index (χ4n) is 2.87. The normalized spacial score (nSPS) is 17.0. The molecule has 1 aromatic rings. The third-order valence-electron chi connectivity index (χ3n) is 4.16. The number of hydrogen-bond acceptors (Lipinski definition) is 5. The molecule has 0 bridgehead atoms. The van der Waals surface area contributed by atoms with Gasteiger partial charge in [0.1, 0.15) is 11.1 Å². The number of halogens is 1. The molecule has 2 rings (SSSR count). The number of esters is 1. The SMILES string of the molecule is CC(=O)NCc1ccc(NS(=O)(=O)C2CCCC=C2C(=O)OC(C)C)c(F)c1.[HH].[HH]. The predicted octanol–water partition coefficient (Wildman–Crippen LogP) is 3.13. The highest BCUT2D eigenvalue weighted by molar-refractivity contribution is 7.93. The minimum Gasteiger partial charge on any atom is -0.460 e. The lowest BCUT2D eigenvalue weighted by atomic mass is 9.99. The third-order valence-corrected chi connectivity index (χ3v) is 5.90. The third kappa shape index (κ3) is 5.79. The van der Waals surface area contributed by atoms with Crippen LogP contribution in [0.1, 0.15) is 48.5 Å². The first-order chi connectivity index (χ1) is 13.1. The van der Waals surface area contributed by atoms with Gasteiger partial charge in [0.05, 0.1) is 17.4 Å². The van der Waals surface area contributed by atoms with Gasteiger partial charge in [-0.3, -0.25) is 9.52 Å². The summed E-state index contributed by atoms with van der Waals surface area (Å²) in [7, 11) is -4.06. The summed E-state index contributed by atoms with van der Waals surface area (Å²) in [5.41, 5.74) is 0.360. The van der Waals surface area contributed by atoms with E-state index in [-0.39, 0.29) is 39.1 Å². The van der Waals surface area contributed by atoms with Gasteiger partial charge in [0.25, 0.3) is 0 Å². The van der Waals surface area contributed by atoms with Crippen LogP contribution >= 0.6 is 0 Å². The summed E-state index contributed by atoms with van der Waals surface area (Å²) in [5, 5.41) is 1.43. The number of carbonyl (C=O) groups is 2. The maximum Gasteiger partial charge on any atom is 0.335 e. The van der Waals surface area contributed by atoms with Gasteiger partial charge < -0.3 is 10.1 Å². The van der Waals surface area contributed by atoms with E-state index in [0.29, 0.717) is 18.4 Å². The number of sulfonamides is 1. The van der Waals surface area contributed by atoms with Crippen molar-refractivity contribution in [1.82, 2.24) is 5.32 Å². The highest BCUT2D eigenvalue weighted by atomic mass is 32.2. The van der Waals surface area contributed by atoms with Crippen LogP contribution in [-0.4, -0.2) is 31.6 Å². The van der Waals surface area contributed by atoms with Crippen LogP contribution in [0.25, 0.3) is 0 Å². The van der Waals surface area contributed by atoms with Crippen molar-refractivity contribution in [1.29, 1.82) is 0 Å². The van der Waals surface area contributed by atoms with Crippen LogP contribution in [0.5, 0.6) is 0 Å². The fourth-order valence-corrected chi connectivity index (χ4v) is 4.49. The van der Waals surface area contributed by atoms with Crippen LogP contribution in [0.15, 0.2) is 29.8 Å². The highest BCUT2D eigenvalue weighted by Gasteiger charge is 2.35. The standard InChI is InChI=1S/C19H25FN2O5S.2H2/c1-12(2)27-19(24)15-6-4-5-7-18(15)28(25,26)22-17-9-8-14(10-16(17)20)11-21-13(3)23;;/h6,8-10,12,18,22H,4-5,7,11H2,1-3H3,(H,21,23);2*1H. The van der Waals surface area contributed by atoms with Crippen molar-refractivity contribution in [2.45, 2.75) is 57.9 Å². The Bertz CT molecular complexity index is 891. The number of anilines is 1. The molecular weight excluding hydrogens is 387 g/mol. The van der Waals surface area contributed by atoms with Gasteiger partial charge in [0.15, 0.2) is 0 Å². The Balaban J connectivity index is 0.00000420. The number of nitrogens with one attached hydrogen (secondary N) is 2. The molecule has 1 aromatic carbocycles. The van der Waals surface area contributed by atoms with Crippen molar-refractivity contribution in [3.63, 3.8) is 0 Å². The van der Waals surface area contributed by atoms with Gasteiger partial charge >= 0.3 is 5.97 Å². The van der Waals surface area contributed by atoms with Crippen molar-refractivity contribution in [2.75, 3.05) is 4.72 Å². The minimum absolute atomic E-state index is 0. The molecule has 1 aliphatic carbocycles. The molecule has 0 aliphatic heterocycles. The summed E-state index contributed by atoms with van der Waals surface area (Å²) in [6.07, 6.45) is 2.63. The van der Waals surface area contributed by atoms with E-state index in [1.807, 2.05) is 0 Å². The summed E-state index contributed by atoms with van der Waals surface area (Å²) in [6, 6.07) is 3.96. The molecule has 1 unspecified atom stereocenters. The minimum atomic E-state index is -4.06. The molecule has 0 heterocycles. The van der Waals surface area contributed by atoms with E-state index >= 15 is 0 Å². The highest BCUT2D eigenvalue weighted by Crippen LogP contribution is 2.28. The quantitative estimate of drug-likeness (QED) is 0.665. The van der Waals surface area contributed by atoms with E-state index in [9.17, 15) is 22.4 Å². The summed E-state index contributed by atoms with van der Waals surface area (Å²) in [4.78, 5) is 23.2. The predicted molar refractivity (Wildman–Crippen MR) is 108 cm³/mol. The van der Waals surface area contributed by atoms with Crippen molar-refractivity contribution in [3.8, 4) is 0 Å².